The topological polar surface area (TPSA) is 181 Å². The van der Waals surface area contributed by atoms with E-state index in [2.05, 4.69) is 0 Å². The Morgan fingerprint density at radius 1 is 0.963 bits per heavy atom. The van der Waals surface area contributed by atoms with Gasteiger partial charge >= 0.3 is 29.6 Å². The van der Waals surface area contributed by atoms with Crippen molar-refractivity contribution in [3.05, 3.63) is 57.6 Å². The van der Waals surface area contributed by atoms with Crippen molar-refractivity contribution in [3.63, 3.8) is 0 Å². The van der Waals surface area contributed by atoms with Gasteiger partial charge in [0, 0.05) is 17.8 Å². The molecule has 13 heteroatoms. The zero-order chi connectivity index (χ0) is 19.7. The first-order valence-corrected chi connectivity index (χ1v) is 9.54. The summed E-state index contributed by atoms with van der Waals surface area (Å²) in [6.45, 7) is 0. The Bertz CT molecular complexity index is 1130. The van der Waals surface area contributed by atoms with E-state index < -0.39 is 40.6 Å². The normalized spacial score (nSPS) is 11.9. The first-order chi connectivity index (χ1) is 11.9. The van der Waals surface area contributed by atoms with E-state index in [1.165, 1.54) is 12.1 Å². The van der Waals surface area contributed by atoms with Gasteiger partial charge in [-0.05, 0) is 29.3 Å². The van der Waals surface area contributed by atoms with Crippen molar-refractivity contribution in [2.45, 2.75) is 9.79 Å². The Kier molecular flexibility index (Phi) is 7.30. The van der Waals surface area contributed by atoms with E-state index in [1.54, 1.807) is 0 Å². The Morgan fingerprint density at radius 3 is 1.96 bits per heavy atom. The summed E-state index contributed by atoms with van der Waals surface area (Å²) in [5, 5.41) is 10.8. The first-order valence-electron chi connectivity index (χ1n) is 6.69. The molecule has 0 aromatic heterocycles. The number of nitro groups is 1. The van der Waals surface area contributed by atoms with Crippen LogP contribution in [0.25, 0.3) is 12.2 Å². The van der Waals surface area contributed by atoms with Gasteiger partial charge in [-0.3, -0.25) is 14.7 Å². The number of hydrogen-bond donors (Lipinski definition) is 2. The predicted molar refractivity (Wildman–Crippen MR) is 90.7 cm³/mol. The molecule has 0 amide bonds. The molecular weight excluding hydrogens is 411 g/mol. The number of benzene rings is 2. The first kappa shape index (κ1) is 23.2. The minimum atomic E-state index is -4.86. The average molecular weight is 422 g/mol. The quantitative estimate of drug-likeness (QED) is 0.145. The molecule has 138 valence electrons. The SMILES string of the molecule is Nc1ccc(C=Cc2ccc([N+](=O)[O-])cc2S(=O)(=O)O)c(S(=O)(=O)[O-])c1.[Na+]. The molecular formula is C14H11N2NaO8S2. The van der Waals surface area contributed by atoms with E-state index in [4.69, 9.17) is 5.73 Å². The third-order valence-corrected chi connectivity index (χ3v) is 5.04. The van der Waals surface area contributed by atoms with Gasteiger partial charge in [0.2, 0.25) is 0 Å². The van der Waals surface area contributed by atoms with Crippen LogP contribution in [0.4, 0.5) is 11.4 Å². The fourth-order valence-corrected chi connectivity index (χ4v) is 3.49. The van der Waals surface area contributed by atoms with E-state index >= 15 is 0 Å². The summed E-state index contributed by atoms with van der Waals surface area (Å²) in [5.74, 6) is 0. The molecule has 3 N–H and O–H groups in total. The van der Waals surface area contributed by atoms with Crippen LogP contribution < -0.4 is 35.3 Å². The van der Waals surface area contributed by atoms with Crippen LogP contribution in [0.3, 0.4) is 0 Å². The fraction of sp³-hybridized carbons (Fsp3) is 0. The van der Waals surface area contributed by atoms with Gasteiger partial charge < -0.3 is 10.3 Å². The molecule has 0 atom stereocenters. The standard InChI is InChI=1S/C14H12N2O8S2.Na/c15-11-5-3-9(13(7-11)25(19,20)21)1-2-10-4-6-12(16(17)18)8-14(10)26(22,23)24;/h1-8H,15H2,(H,19,20,21)(H,22,23,24);/q;+1/p-1. The van der Waals surface area contributed by atoms with Gasteiger partial charge in [-0.2, -0.15) is 8.42 Å². The van der Waals surface area contributed by atoms with Gasteiger partial charge in [0.1, 0.15) is 15.0 Å². The van der Waals surface area contributed by atoms with Crippen molar-refractivity contribution in [2.24, 2.45) is 0 Å². The van der Waals surface area contributed by atoms with Gasteiger partial charge in [0.25, 0.3) is 15.8 Å². The van der Waals surface area contributed by atoms with Gasteiger partial charge in [-0.25, -0.2) is 8.42 Å². The minimum absolute atomic E-state index is 0. The molecule has 0 heterocycles. The number of nitrogen functional groups attached to an aromatic ring is 1. The maximum Gasteiger partial charge on any atom is 1.00 e. The molecule has 0 radical (unpaired) electrons. The van der Waals surface area contributed by atoms with Gasteiger partial charge in [0.05, 0.1) is 9.82 Å². The molecule has 10 nitrogen and oxygen atoms in total. The summed E-state index contributed by atoms with van der Waals surface area (Å²) in [4.78, 5) is 8.55. The molecule has 2 aromatic rings. The molecule has 0 aliphatic carbocycles. The molecule has 0 unspecified atom stereocenters. The van der Waals surface area contributed by atoms with Crippen LogP contribution in [0.1, 0.15) is 11.1 Å². The molecule has 0 saturated carbocycles. The average Bonchev–Trinajstić information content (AvgIpc) is 2.51. The number of non-ortho nitro benzene ring substituents is 1. The molecule has 2 aromatic carbocycles. The third kappa shape index (κ3) is 5.84. The van der Waals surface area contributed by atoms with Crippen LogP contribution >= 0.6 is 0 Å². The van der Waals surface area contributed by atoms with Crippen LogP contribution in [-0.4, -0.2) is 30.9 Å². The second kappa shape index (κ2) is 8.48. The van der Waals surface area contributed by atoms with Crippen LogP contribution in [-0.2, 0) is 20.2 Å². The predicted octanol–water partition coefficient (Wildman–Crippen LogP) is -1.50. The van der Waals surface area contributed by atoms with Crippen molar-refractivity contribution in [1.29, 1.82) is 0 Å². The van der Waals surface area contributed by atoms with E-state index in [0.29, 0.717) is 6.07 Å². The Hall–Kier alpha value is -1.80. The number of nitrogens with two attached hydrogens (primary N) is 1. The monoisotopic (exact) mass is 422 g/mol. The second-order valence-electron chi connectivity index (χ2n) is 5.04. The zero-order valence-electron chi connectivity index (χ0n) is 13.8. The van der Waals surface area contributed by atoms with Crippen molar-refractivity contribution >= 4 is 43.8 Å². The van der Waals surface area contributed by atoms with E-state index in [0.717, 1.165) is 30.4 Å². The number of rotatable bonds is 5. The van der Waals surface area contributed by atoms with Crippen molar-refractivity contribution in [2.75, 3.05) is 5.73 Å². The van der Waals surface area contributed by atoms with Gasteiger partial charge in [-0.1, -0.05) is 18.2 Å². The molecule has 0 spiro atoms. The fourth-order valence-electron chi connectivity index (χ4n) is 2.08. The van der Waals surface area contributed by atoms with Gasteiger partial charge in [-0.15, -0.1) is 0 Å². The Morgan fingerprint density at radius 2 is 1.48 bits per heavy atom. The summed E-state index contributed by atoms with van der Waals surface area (Å²) in [6, 6.07) is 6.22. The minimum Gasteiger partial charge on any atom is -0.744 e. The largest absolute Gasteiger partial charge is 1.00 e. The molecule has 0 fully saturated rings. The maximum atomic E-state index is 11.4. The van der Waals surface area contributed by atoms with Crippen LogP contribution in [0.15, 0.2) is 46.2 Å². The smallest absolute Gasteiger partial charge is 0.744 e. The van der Waals surface area contributed by atoms with Crippen LogP contribution in [0.2, 0.25) is 0 Å². The van der Waals surface area contributed by atoms with Crippen molar-refractivity contribution < 1.29 is 60.4 Å². The Balaban J connectivity index is 0.00000364. The zero-order valence-corrected chi connectivity index (χ0v) is 17.4. The molecule has 0 bridgehead atoms. The van der Waals surface area contributed by atoms with Crippen LogP contribution in [0.5, 0.6) is 0 Å². The number of hydrogen-bond acceptors (Lipinski definition) is 8. The molecule has 0 saturated heterocycles. The molecule has 2 rings (SSSR count). The number of nitrogens with zero attached hydrogens (tertiary/aromatic N) is 1. The Labute approximate surface area is 176 Å². The third-order valence-electron chi connectivity index (χ3n) is 3.24. The van der Waals surface area contributed by atoms with E-state index in [1.807, 2.05) is 0 Å². The number of anilines is 1. The summed E-state index contributed by atoms with van der Waals surface area (Å²) in [6.07, 6.45) is 2.20. The summed E-state index contributed by atoms with van der Waals surface area (Å²) in [7, 11) is -9.65. The molecule has 0 aliphatic rings. The summed E-state index contributed by atoms with van der Waals surface area (Å²) < 4.78 is 66.1. The van der Waals surface area contributed by atoms with Crippen molar-refractivity contribution in [3.8, 4) is 0 Å². The maximum absolute atomic E-state index is 11.4. The summed E-state index contributed by atoms with van der Waals surface area (Å²) in [5.41, 5.74) is 4.70. The van der Waals surface area contributed by atoms with Gasteiger partial charge in [0.15, 0.2) is 0 Å². The molecule has 0 aliphatic heterocycles. The van der Waals surface area contributed by atoms with Crippen molar-refractivity contribution in [1.82, 2.24) is 0 Å². The second-order valence-corrected chi connectivity index (χ2v) is 7.78. The molecule has 27 heavy (non-hydrogen) atoms. The number of nitro benzene ring substituents is 1. The van der Waals surface area contributed by atoms with E-state index in [9.17, 15) is 36.1 Å². The summed E-state index contributed by atoms with van der Waals surface area (Å²) >= 11 is 0. The van der Waals surface area contributed by atoms with E-state index in [-0.39, 0.29) is 46.4 Å². The van der Waals surface area contributed by atoms with Crippen LogP contribution in [0, 0.1) is 10.1 Å².